The average molecular weight is 495 g/mol. The molecule has 0 radical (unpaired) electrons. The Balaban J connectivity index is 1.45. The molecule has 3 aliphatic rings. The quantitative estimate of drug-likeness (QED) is 0.229. The molecule has 37 heavy (non-hydrogen) atoms. The smallest absolute Gasteiger partial charge is 0.269 e. The lowest BCUT2D eigenvalue weighted by Gasteiger charge is -2.36. The molecule has 0 aromatic heterocycles. The number of carbonyl (C=O) groups is 3. The van der Waals surface area contributed by atoms with Crippen LogP contribution in [0.1, 0.15) is 15.9 Å². The predicted molar refractivity (Wildman–Crippen MR) is 135 cm³/mol. The SMILES string of the molecule is COc1ccc(C(=O)[C@H]2[C@H]3C(=O)N(c4ccc([N+](=O)[O-])cc4)C(=O)[C@@H]3[C@H]3C=Cc4ccccc4N32)cc1. The number of imide groups is 1. The van der Waals surface area contributed by atoms with E-state index in [0.717, 1.165) is 16.2 Å². The molecule has 0 aliphatic carbocycles. The fraction of sp³-hybridized carbons (Fsp3) is 0.179. The molecular formula is C28H21N3O6. The normalized spacial score (nSPS) is 23.5. The number of anilines is 2. The molecule has 9 heteroatoms. The van der Waals surface area contributed by atoms with E-state index in [4.69, 9.17) is 4.74 Å². The molecule has 0 N–H and O–H groups in total. The summed E-state index contributed by atoms with van der Waals surface area (Å²) in [5.41, 5.74) is 2.20. The highest BCUT2D eigenvalue weighted by Crippen LogP contribution is 2.49. The van der Waals surface area contributed by atoms with E-state index in [1.54, 1.807) is 24.3 Å². The van der Waals surface area contributed by atoms with Crippen molar-refractivity contribution in [1.82, 2.24) is 0 Å². The number of fused-ring (bicyclic) bond motifs is 5. The van der Waals surface area contributed by atoms with Crippen molar-refractivity contribution in [2.24, 2.45) is 11.8 Å². The average Bonchev–Trinajstić information content (AvgIpc) is 3.41. The Bertz CT molecular complexity index is 1480. The lowest BCUT2D eigenvalue weighted by Crippen LogP contribution is -2.48. The van der Waals surface area contributed by atoms with Gasteiger partial charge in [-0.2, -0.15) is 0 Å². The third-order valence-corrected chi connectivity index (χ3v) is 7.38. The van der Waals surface area contributed by atoms with Gasteiger partial charge in [-0.1, -0.05) is 30.4 Å². The van der Waals surface area contributed by atoms with Crippen LogP contribution in [0.25, 0.3) is 6.08 Å². The second-order valence-corrected chi connectivity index (χ2v) is 9.19. The van der Waals surface area contributed by atoms with Crippen LogP contribution in [0, 0.1) is 22.0 Å². The molecule has 3 heterocycles. The van der Waals surface area contributed by atoms with Gasteiger partial charge in [-0.3, -0.25) is 24.5 Å². The molecule has 0 bridgehead atoms. The van der Waals surface area contributed by atoms with E-state index in [2.05, 4.69) is 0 Å². The number of hydrogen-bond acceptors (Lipinski definition) is 7. The van der Waals surface area contributed by atoms with Crippen LogP contribution < -0.4 is 14.5 Å². The van der Waals surface area contributed by atoms with Gasteiger partial charge < -0.3 is 9.64 Å². The van der Waals surface area contributed by atoms with Crippen molar-refractivity contribution in [2.75, 3.05) is 16.9 Å². The summed E-state index contributed by atoms with van der Waals surface area (Å²) in [4.78, 5) is 55.1. The highest BCUT2D eigenvalue weighted by molar-refractivity contribution is 6.25. The van der Waals surface area contributed by atoms with E-state index in [-0.39, 0.29) is 17.2 Å². The number of carbonyl (C=O) groups excluding carboxylic acids is 3. The van der Waals surface area contributed by atoms with Gasteiger partial charge >= 0.3 is 0 Å². The van der Waals surface area contributed by atoms with Crippen molar-refractivity contribution in [3.63, 3.8) is 0 Å². The zero-order chi connectivity index (χ0) is 25.8. The fourth-order valence-corrected chi connectivity index (χ4v) is 5.72. The van der Waals surface area contributed by atoms with Gasteiger partial charge in [0.05, 0.1) is 35.6 Å². The van der Waals surface area contributed by atoms with Crippen LogP contribution in [0.15, 0.2) is 78.9 Å². The molecular weight excluding hydrogens is 474 g/mol. The molecule has 2 amide bonds. The van der Waals surface area contributed by atoms with E-state index in [1.807, 2.05) is 41.3 Å². The Hall–Kier alpha value is -4.79. The largest absolute Gasteiger partial charge is 0.497 e. The van der Waals surface area contributed by atoms with E-state index in [9.17, 15) is 24.5 Å². The molecule has 3 aromatic carbocycles. The molecule has 3 aliphatic heterocycles. The molecule has 4 atom stereocenters. The zero-order valence-corrected chi connectivity index (χ0v) is 19.7. The number of para-hydroxylation sites is 1. The first-order valence-corrected chi connectivity index (χ1v) is 11.8. The number of non-ortho nitro benzene ring substituents is 1. The molecule has 184 valence electrons. The van der Waals surface area contributed by atoms with E-state index in [0.29, 0.717) is 11.3 Å². The van der Waals surface area contributed by atoms with Gasteiger partial charge in [-0.15, -0.1) is 0 Å². The summed E-state index contributed by atoms with van der Waals surface area (Å²) >= 11 is 0. The Kier molecular flexibility index (Phi) is 5.15. The lowest BCUT2D eigenvalue weighted by atomic mass is 9.86. The lowest BCUT2D eigenvalue weighted by molar-refractivity contribution is -0.384. The molecule has 6 rings (SSSR count). The van der Waals surface area contributed by atoms with Crippen LogP contribution in [0.2, 0.25) is 0 Å². The van der Waals surface area contributed by atoms with E-state index < -0.39 is 40.7 Å². The summed E-state index contributed by atoms with van der Waals surface area (Å²) in [6.45, 7) is 0. The summed E-state index contributed by atoms with van der Waals surface area (Å²) in [5, 5.41) is 11.1. The monoisotopic (exact) mass is 495 g/mol. The maximum atomic E-state index is 14.0. The van der Waals surface area contributed by atoms with Gasteiger partial charge in [0, 0.05) is 23.4 Å². The van der Waals surface area contributed by atoms with Crippen molar-refractivity contribution < 1.29 is 24.0 Å². The van der Waals surface area contributed by atoms with E-state index >= 15 is 0 Å². The summed E-state index contributed by atoms with van der Waals surface area (Å²) in [7, 11) is 1.54. The molecule has 0 unspecified atom stereocenters. The van der Waals surface area contributed by atoms with Crippen molar-refractivity contribution in [1.29, 1.82) is 0 Å². The summed E-state index contributed by atoms with van der Waals surface area (Å²) in [6.07, 6.45) is 3.80. The molecule has 0 spiro atoms. The van der Waals surface area contributed by atoms with Crippen molar-refractivity contribution in [3.8, 4) is 5.75 Å². The number of amides is 2. The summed E-state index contributed by atoms with van der Waals surface area (Å²) in [6, 6.07) is 18.2. The minimum atomic E-state index is -0.918. The number of methoxy groups -OCH3 is 1. The number of rotatable bonds is 5. The number of ketones is 1. The minimum absolute atomic E-state index is 0.145. The first-order valence-electron chi connectivity index (χ1n) is 11.8. The van der Waals surface area contributed by atoms with Crippen LogP contribution in [-0.2, 0) is 9.59 Å². The number of Topliss-reactive ketones (excluding diaryl/α,β-unsaturated/α-hetero) is 1. The number of nitro benzene ring substituents is 1. The third-order valence-electron chi connectivity index (χ3n) is 7.38. The number of ether oxygens (including phenoxy) is 1. The number of nitro groups is 1. The third kappa shape index (κ3) is 3.35. The second kappa shape index (κ2) is 8.41. The maximum Gasteiger partial charge on any atom is 0.269 e. The Morgan fingerprint density at radius 1 is 0.919 bits per heavy atom. The number of benzene rings is 3. The van der Waals surface area contributed by atoms with Crippen LogP contribution in [-0.4, -0.2) is 41.7 Å². The van der Waals surface area contributed by atoms with Gasteiger partial charge in [0.15, 0.2) is 5.78 Å². The summed E-state index contributed by atoms with van der Waals surface area (Å²) in [5.74, 6) is -2.28. The highest BCUT2D eigenvalue weighted by Gasteiger charge is 2.64. The zero-order valence-electron chi connectivity index (χ0n) is 19.7. The van der Waals surface area contributed by atoms with E-state index in [1.165, 1.54) is 31.4 Å². The first kappa shape index (κ1) is 22.7. The van der Waals surface area contributed by atoms with Crippen molar-refractivity contribution in [3.05, 3.63) is 100 Å². The summed E-state index contributed by atoms with van der Waals surface area (Å²) < 4.78 is 5.22. The molecule has 2 saturated heterocycles. The highest BCUT2D eigenvalue weighted by atomic mass is 16.6. The van der Waals surface area contributed by atoms with Gasteiger partial charge in [0.25, 0.3) is 5.69 Å². The van der Waals surface area contributed by atoms with Crippen molar-refractivity contribution >= 4 is 40.7 Å². The predicted octanol–water partition coefficient (Wildman–Crippen LogP) is 3.88. The Labute approximate surface area is 211 Å². The van der Waals surface area contributed by atoms with Gasteiger partial charge in [0.1, 0.15) is 11.8 Å². The first-order chi connectivity index (χ1) is 17.9. The van der Waals surface area contributed by atoms with Crippen LogP contribution in [0.3, 0.4) is 0 Å². The van der Waals surface area contributed by atoms with Crippen LogP contribution >= 0.6 is 0 Å². The molecule has 3 aromatic rings. The molecule has 0 saturated carbocycles. The van der Waals surface area contributed by atoms with Gasteiger partial charge in [-0.05, 0) is 48.0 Å². The second-order valence-electron chi connectivity index (χ2n) is 9.19. The standard InChI is InChI=1S/C28H21N3O6/c1-37-20-13-6-17(7-14-20)26(32)25-24-23(22-15-8-16-4-2-3-5-21(16)30(22)25)27(33)29(28(24)34)18-9-11-19(12-10-18)31(35)36/h2-15,22-25H,1H3/t22-,23-,24+,25-/m1/s1. The van der Waals surface area contributed by atoms with Gasteiger partial charge in [-0.25, -0.2) is 4.90 Å². The number of hydrogen-bond donors (Lipinski definition) is 0. The maximum absolute atomic E-state index is 14.0. The number of nitrogens with zero attached hydrogens (tertiary/aromatic N) is 3. The molecule has 2 fully saturated rings. The van der Waals surface area contributed by atoms with Crippen LogP contribution in [0.4, 0.5) is 17.1 Å². The minimum Gasteiger partial charge on any atom is -0.497 e. The topological polar surface area (TPSA) is 110 Å². The Morgan fingerprint density at radius 3 is 2.27 bits per heavy atom. The molecule has 9 nitrogen and oxygen atoms in total. The fourth-order valence-electron chi connectivity index (χ4n) is 5.72. The van der Waals surface area contributed by atoms with Crippen LogP contribution in [0.5, 0.6) is 5.75 Å². The van der Waals surface area contributed by atoms with Gasteiger partial charge in [0.2, 0.25) is 11.8 Å². The van der Waals surface area contributed by atoms with Crippen molar-refractivity contribution in [2.45, 2.75) is 12.1 Å². The Morgan fingerprint density at radius 2 is 1.59 bits per heavy atom.